The van der Waals surface area contributed by atoms with E-state index in [4.69, 9.17) is 0 Å². The maximum Gasteiger partial charge on any atom is 0.272 e. The summed E-state index contributed by atoms with van der Waals surface area (Å²) in [7, 11) is 1.80. The number of nitrogens with one attached hydrogen (secondary N) is 1. The van der Waals surface area contributed by atoms with Gasteiger partial charge in [0.1, 0.15) is 5.69 Å². The Kier molecular flexibility index (Phi) is 4.01. The molecule has 1 aromatic carbocycles. The first-order valence-corrected chi connectivity index (χ1v) is 8.00. The minimum absolute atomic E-state index is 0.0728. The van der Waals surface area contributed by atoms with Crippen molar-refractivity contribution in [3.63, 3.8) is 0 Å². The molecular formula is C19H21N3O2. The highest BCUT2D eigenvalue weighted by Gasteiger charge is 2.16. The summed E-state index contributed by atoms with van der Waals surface area (Å²) >= 11 is 0. The molecule has 0 aliphatic rings. The highest BCUT2D eigenvalue weighted by Crippen LogP contribution is 2.20. The van der Waals surface area contributed by atoms with Gasteiger partial charge in [-0.15, -0.1) is 0 Å². The molecule has 3 rings (SSSR count). The van der Waals surface area contributed by atoms with Crippen LogP contribution in [-0.2, 0) is 13.6 Å². The van der Waals surface area contributed by atoms with E-state index < -0.39 is 0 Å². The number of aromatic nitrogens is 2. The highest BCUT2D eigenvalue weighted by atomic mass is 16.2. The number of amides is 1. The molecule has 5 heteroatoms. The van der Waals surface area contributed by atoms with Gasteiger partial charge in [0.25, 0.3) is 11.5 Å². The molecule has 0 saturated carbocycles. The summed E-state index contributed by atoms with van der Waals surface area (Å²) in [5.41, 5.74) is 4.03. The van der Waals surface area contributed by atoms with Crippen molar-refractivity contribution in [2.45, 2.75) is 27.3 Å². The number of hydrogen-bond acceptors (Lipinski definition) is 2. The van der Waals surface area contributed by atoms with Gasteiger partial charge in [-0.2, -0.15) is 0 Å². The van der Waals surface area contributed by atoms with Crippen molar-refractivity contribution < 1.29 is 4.79 Å². The minimum atomic E-state index is -0.218. The Labute approximate surface area is 140 Å². The van der Waals surface area contributed by atoms with Crippen molar-refractivity contribution >= 4 is 22.5 Å². The molecule has 0 bridgehead atoms. The number of aryl methyl sites for hydroxylation is 4. The zero-order valence-electron chi connectivity index (χ0n) is 14.4. The fourth-order valence-electron chi connectivity index (χ4n) is 2.90. The monoisotopic (exact) mass is 323 g/mol. The van der Waals surface area contributed by atoms with Crippen LogP contribution in [0.5, 0.6) is 0 Å². The molecule has 0 radical (unpaired) electrons. The molecule has 3 aromatic rings. The molecule has 0 aliphatic carbocycles. The average molecular weight is 323 g/mol. The van der Waals surface area contributed by atoms with Crippen LogP contribution in [0.2, 0.25) is 0 Å². The average Bonchev–Trinajstić information content (AvgIpc) is 2.89. The standard InChI is InChI=1S/C19H21N3O2/c1-5-22-9-8-16-14(19(22)24)11-17(21(16)4)18(23)20-15-10-12(2)6-7-13(15)3/h6-11H,5H2,1-4H3,(H,20,23). The normalized spacial score (nSPS) is 11.0. The fraction of sp³-hybridized carbons (Fsp3) is 0.263. The fourth-order valence-corrected chi connectivity index (χ4v) is 2.90. The molecule has 24 heavy (non-hydrogen) atoms. The summed E-state index contributed by atoms with van der Waals surface area (Å²) in [4.78, 5) is 25.1. The molecule has 0 fully saturated rings. The van der Waals surface area contributed by atoms with Crippen molar-refractivity contribution in [1.82, 2.24) is 9.13 Å². The lowest BCUT2D eigenvalue weighted by Crippen LogP contribution is -2.17. The molecule has 2 aromatic heterocycles. The van der Waals surface area contributed by atoms with E-state index in [2.05, 4.69) is 5.32 Å². The number of fused-ring (bicyclic) bond motifs is 1. The van der Waals surface area contributed by atoms with Gasteiger partial charge in [-0.3, -0.25) is 9.59 Å². The lowest BCUT2D eigenvalue weighted by molar-refractivity contribution is 0.101. The second-order valence-electron chi connectivity index (χ2n) is 6.07. The van der Waals surface area contributed by atoms with E-state index in [1.807, 2.05) is 45.0 Å². The van der Waals surface area contributed by atoms with Gasteiger partial charge in [-0.05, 0) is 50.1 Å². The van der Waals surface area contributed by atoms with Crippen LogP contribution in [0.15, 0.2) is 41.3 Å². The first-order valence-electron chi connectivity index (χ1n) is 8.00. The van der Waals surface area contributed by atoms with Gasteiger partial charge < -0.3 is 14.5 Å². The van der Waals surface area contributed by atoms with Crippen LogP contribution < -0.4 is 10.9 Å². The quantitative estimate of drug-likeness (QED) is 0.804. The number of rotatable bonds is 3. The molecule has 0 atom stereocenters. The number of pyridine rings is 1. The van der Waals surface area contributed by atoms with E-state index in [0.29, 0.717) is 17.6 Å². The van der Waals surface area contributed by atoms with E-state index in [9.17, 15) is 9.59 Å². The van der Waals surface area contributed by atoms with E-state index in [0.717, 1.165) is 22.3 Å². The predicted molar refractivity (Wildman–Crippen MR) is 96.7 cm³/mol. The van der Waals surface area contributed by atoms with Crippen LogP contribution in [0, 0.1) is 13.8 Å². The van der Waals surface area contributed by atoms with Gasteiger partial charge in [0.05, 0.1) is 10.9 Å². The summed E-state index contributed by atoms with van der Waals surface area (Å²) in [5.74, 6) is -0.218. The van der Waals surface area contributed by atoms with Crippen molar-refractivity contribution in [2.24, 2.45) is 7.05 Å². The largest absolute Gasteiger partial charge is 0.339 e. The lowest BCUT2D eigenvalue weighted by Gasteiger charge is -2.10. The molecule has 2 heterocycles. The third kappa shape index (κ3) is 2.62. The summed E-state index contributed by atoms with van der Waals surface area (Å²) in [5, 5.41) is 3.51. The molecule has 124 valence electrons. The third-order valence-electron chi connectivity index (χ3n) is 4.40. The smallest absolute Gasteiger partial charge is 0.272 e. The molecule has 5 nitrogen and oxygen atoms in total. The van der Waals surface area contributed by atoms with Crippen LogP contribution in [0.25, 0.3) is 10.9 Å². The molecule has 0 spiro atoms. The predicted octanol–water partition coefficient (Wildman–Crippen LogP) is 3.23. The Morgan fingerprint density at radius 2 is 1.92 bits per heavy atom. The van der Waals surface area contributed by atoms with Crippen molar-refractivity contribution in [1.29, 1.82) is 0 Å². The molecule has 0 aliphatic heterocycles. The molecular weight excluding hydrogens is 302 g/mol. The zero-order valence-corrected chi connectivity index (χ0v) is 14.4. The molecule has 1 amide bonds. The summed E-state index contributed by atoms with van der Waals surface area (Å²) in [6, 6.07) is 9.47. The van der Waals surface area contributed by atoms with Gasteiger partial charge in [0.15, 0.2) is 0 Å². The zero-order chi connectivity index (χ0) is 17.4. The van der Waals surface area contributed by atoms with E-state index in [1.54, 1.807) is 28.4 Å². The number of anilines is 1. The van der Waals surface area contributed by atoms with Gasteiger partial charge in [-0.1, -0.05) is 12.1 Å². The maximum atomic E-state index is 12.7. The van der Waals surface area contributed by atoms with Crippen molar-refractivity contribution in [3.8, 4) is 0 Å². The van der Waals surface area contributed by atoms with E-state index >= 15 is 0 Å². The minimum Gasteiger partial charge on any atom is -0.339 e. The van der Waals surface area contributed by atoms with Gasteiger partial charge in [0, 0.05) is 25.5 Å². The van der Waals surface area contributed by atoms with Gasteiger partial charge >= 0.3 is 0 Å². The Balaban J connectivity index is 2.04. The summed E-state index contributed by atoms with van der Waals surface area (Å²) in [6.45, 7) is 6.47. The van der Waals surface area contributed by atoms with Crippen LogP contribution in [0.3, 0.4) is 0 Å². The Hall–Kier alpha value is -2.82. The topological polar surface area (TPSA) is 56.0 Å². The maximum absolute atomic E-state index is 12.7. The van der Waals surface area contributed by atoms with Crippen LogP contribution in [0.4, 0.5) is 5.69 Å². The number of carbonyl (C=O) groups excluding carboxylic acids is 1. The Morgan fingerprint density at radius 1 is 1.17 bits per heavy atom. The molecule has 1 N–H and O–H groups in total. The number of hydrogen-bond donors (Lipinski definition) is 1. The number of nitrogens with zero attached hydrogens (tertiary/aromatic N) is 2. The summed E-state index contributed by atoms with van der Waals surface area (Å²) in [6.07, 6.45) is 1.76. The summed E-state index contributed by atoms with van der Waals surface area (Å²) < 4.78 is 3.39. The molecule has 0 unspecified atom stereocenters. The first kappa shape index (κ1) is 16.1. The number of benzene rings is 1. The van der Waals surface area contributed by atoms with E-state index in [-0.39, 0.29) is 11.5 Å². The second kappa shape index (κ2) is 6.00. The lowest BCUT2D eigenvalue weighted by atomic mass is 10.1. The third-order valence-corrected chi connectivity index (χ3v) is 4.40. The SMILES string of the molecule is CCn1ccc2c(cc(C(=O)Nc3cc(C)ccc3C)n2C)c1=O. The van der Waals surface area contributed by atoms with Crippen LogP contribution in [-0.4, -0.2) is 15.0 Å². The Morgan fingerprint density at radius 3 is 2.62 bits per heavy atom. The van der Waals surface area contributed by atoms with Gasteiger partial charge in [0.2, 0.25) is 0 Å². The molecule has 0 saturated heterocycles. The first-order chi connectivity index (χ1) is 11.4. The van der Waals surface area contributed by atoms with Crippen LogP contribution in [0.1, 0.15) is 28.5 Å². The van der Waals surface area contributed by atoms with Crippen molar-refractivity contribution in [2.75, 3.05) is 5.32 Å². The second-order valence-corrected chi connectivity index (χ2v) is 6.07. The number of carbonyl (C=O) groups is 1. The van der Waals surface area contributed by atoms with Crippen molar-refractivity contribution in [3.05, 3.63) is 63.7 Å². The Bertz CT molecular complexity index is 996. The van der Waals surface area contributed by atoms with Gasteiger partial charge in [-0.25, -0.2) is 0 Å². The highest BCUT2D eigenvalue weighted by molar-refractivity contribution is 6.06. The van der Waals surface area contributed by atoms with Crippen LogP contribution >= 0.6 is 0 Å². The van der Waals surface area contributed by atoms with E-state index in [1.165, 1.54) is 0 Å².